The number of nitrogens with zero attached hydrogens (tertiary/aromatic N) is 1. The first-order chi connectivity index (χ1) is 7.65. The summed E-state index contributed by atoms with van der Waals surface area (Å²) >= 11 is 0. The van der Waals surface area contributed by atoms with Gasteiger partial charge in [-0.05, 0) is 11.5 Å². The van der Waals surface area contributed by atoms with E-state index in [1.807, 2.05) is 20.8 Å². The lowest BCUT2D eigenvalue weighted by Crippen LogP contribution is -2.32. The van der Waals surface area contributed by atoms with Gasteiger partial charge in [-0.25, -0.2) is 13.1 Å². The van der Waals surface area contributed by atoms with Gasteiger partial charge in [-0.1, -0.05) is 20.8 Å². The Labute approximate surface area is 103 Å². The third-order valence-electron chi connectivity index (χ3n) is 2.35. The van der Waals surface area contributed by atoms with Crippen LogP contribution in [0.5, 0.6) is 0 Å². The smallest absolute Gasteiger partial charge is 0.242 e. The lowest BCUT2D eigenvalue weighted by atomic mass is 9.98. The molecule has 1 heterocycles. The average Bonchev–Trinajstić information content (AvgIpc) is 2.56. The maximum Gasteiger partial charge on any atom is 0.242 e. The molecule has 0 amide bonds. The van der Waals surface area contributed by atoms with Crippen LogP contribution in [0.2, 0.25) is 0 Å². The van der Waals surface area contributed by atoms with E-state index >= 15 is 0 Å². The number of nitrogens with one attached hydrogen (secondary N) is 1. The molecule has 0 fully saturated rings. The quantitative estimate of drug-likeness (QED) is 0.843. The fourth-order valence-corrected chi connectivity index (χ4v) is 2.65. The first-order valence-corrected chi connectivity index (χ1v) is 6.90. The Balaban J connectivity index is 2.90. The highest BCUT2D eigenvalue weighted by Gasteiger charge is 2.20. The normalized spacial score (nSPS) is 13.0. The van der Waals surface area contributed by atoms with Gasteiger partial charge < -0.3 is 9.67 Å². The first-order valence-electron chi connectivity index (χ1n) is 5.41. The van der Waals surface area contributed by atoms with Crippen molar-refractivity contribution in [2.45, 2.75) is 32.3 Å². The fraction of sp³-hybridized carbons (Fsp3) is 0.636. The Morgan fingerprint density at radius 2 is 2.00 bits per heavy atom. The monoisotopic (exact) mass is 260 g/mol. The number of hydrogen-bond donors (Lipinski definition) is 2. The molecule has 6 heteroatoms. The number of aliphatic hydroxyl groups is 1. The predicted octanol–water partition coefficient (Wildman–Crippen LogP) is 0.842. The molecule has 0 saturated carbocycles. The van der Waals surface area contributed by atoms with Gasteiger partial charge in [-0.2, -0.15) is 0 Å². The van der Waals surface area contributed by atoms with Crippen molar-refractivity contribution in [1.29, 1.82) is 0 Å². The van der Waals surface area contributed by atoms with Crippen LogP contribution in [0.15, 0.2) is 17.2 Å². The van der Waals surface area contributed by atoms with Gasteiger partial charge in [0, 0.05) is 25.5 Å². The maximum atomic E-state index is 12.0. The van der Waals surface area contributed by atoms with Crippen molar-refractivity contribution >= 4 is 10.0 Å². The van der Waals surface area contributed by atoms with Gasteiger partial charge in [0.25, 0.3) is 0 Å². The molecule has 98 valence electrons. The lowest BCUT2D eigenvalue weighted by molar-refractivity contribution is 0.272. The third-order valence-corrected chi connectivity index (χ3v) is 3.72. The van der Waals surface area contributed by atoms with E-state index in [-0.39, 0.29) is 16.9 Å². The maximum absolute atomic E-state index is 12.0. The van der Waals surface area contributed by atoms with Crippen molar-refractivity contribution in [2.24, 2.45) is 12.5 Å². The molecule has 0 aromatic carbocycles. The van der Waals surface area contributed by atoms with Crippen molar-refractivity contribution in [1.82, 2.24) is 9.29 Å². The summed E-state index contributed by atoms with van der Waals surface area (Å²) in [5.74, 6) is 0. The highest BCUT2D eigenvalue weighted by molar-refractivity contribution is 7.89. The molecule has 1 rings (SSSR count). The molecule has 0 aliphatic rings. The number of rotatable bonds is 4. The van der Waals surface area contributed by atoms with E-state index in [2.05, 4.69) is 4.72 Å². The van der Waals surface area contributed by atoms with Gasteiger partial charge in [0.2, 0.25) is 10.0 Å². The van der Waals surface area contributed by atoms with Crippen molar-refractivity contribution in [3.05, 3.63) is 18.0 Å². The van der Waals surface area contributed by atoms with E-state index in [1.165, 1.54) is 12.3 Å². The zero-order valence-electron chi connectivity index (χ0n) is 10.7. The topological polar surface area (TPSA) is 71.3 Å². The van der Waals surface area contributed by atoms with Crippen LogP contribution in [0.25, 0.3) is 0 Å². The first kappa shape index (κ1) is 14.2. The second kappa shape index (κ2) is 4.80. The molecule has 0 unspecified atom stereocenters. The fourth-order valence-electron chi connectivity index (χ4n) is 1.28. The zero-order chi connectivity index (χ0) is 13.3. The molecule has 0 aliphatic heterocycles. The Morgan fingerprint density at radius 3 is 2.41 bits per heavy atom. The van der Waals surface area contributed by atoms with Crippen molar-refractivity contribution in [3.8, 4) is 0 Å². The summed E-state index contributed by atoms with van der Waals surface area (Å²) in [5.41, 5.74) is 0.461. The molecule has 1 aromatic rings. The summed E-state index contributed by atoms with van der Waals surface area (Å²) in [5, 5.41) is 9.02. The van der Waals surface area contributed by atoms with Gasteiger partial charge in [0.1, 0.15) is 0 Å². The Morgan fingerprint density at radius 1 is 1.41 bits per heavy atom. The summed E-state index contributed by atoms with van der Waals surface area (Å²) < 4.78 is 28.1. The standard InChI is InChI=1S/C11H20N2O3S/c1-11(2,3)8-12-17(15,16)10-5-9(7-14)13(4)6-10/h5-6,12,14H,7-8H2,1-4H3. The molecule has 0 spiro atoms. The number of sulfonamides is 1. The van der Waals surface area contributed by atoms with E-state index in [0.717, 1.165) is 0 Å². The zero-order valence-corrected chi connectivity index (χ0v) is 11.5. The minimum atomic E-state index is -3.49. The SMILES string of the molecule is Cn1cc(S(=O)(=O)NCC(C)(C)C)cc1CO. The van der Waals surface area contributed by atoms with Crippen LogP contribution >= 0.6 is 0 Å². The number of aromatic nitrogens is 1. The lowest BCUT2D eigenvalue weighted by Gasteiger charge is -2.18. The highest BCUT2D eigenvalue weighted by Crippen LogP contribution is 2.16. The van der Waals surface area contributed by atoms with Crippen LogP contribution in [-0.2, 0) is 23.7 Å². The summed E-state index contributed by atoms with van der Waals surface area (Å²) in [7, 11) is -1.78. The number of aliphatic hydroxyl groups excluding tert-OH is 1. The average molecular weight is 260 g/mol. The second-order valence-corrected chi connectivity index (χ2v) is 7.09. The highest BCUT2D eigenvalue weighted by atomic mass is 32.2. The molecule has 17 heavy (non-hydrogen) atoms. The van der Waals surface area contributed by atoms with Gasteiger partial charge in [-0.15, -0.1) is 0 Å². The Bertz CT molecular complexity index is 483. The predicted molar refractivity (Wildman–Crippen MR) is 66.0 cm³/mol. The van der Waals surface area contributed by atoms with E-state index < -0.39 is 10.0 Å². The summed E-state index contributed by atoms with van der Waals surface area (Å²) in [4.78, 5) is 0.188. The van der Waals surface area contributed by atoms with E-state index in [1.54, 1.807) is 11.6 Å². The van der Waals surface area contributed by atoms with E-state index in [9.17, 15) is 8.42 Å². The van der Waals surface area contributed by atoms with Crippen molar-refractivity contribution < 1.29 is 13.5 Å². The van der Waals surface area contributed by atoms with Crippen LogP contribution in [0.3, 0.4) is 0 Å². The molecular formula is C11H20N2O3S. The minimum Gasteiger partial charge on any atom is -0.390 e. The van der Waals surface area contributed by atoms with E-state index in [4.69, 9.17) is 5.11 Å². The molecule has 0 bridgehead atoms. The van der Waals surface area contributed by atoms with Crippen LogP contribution in [-0.4, -0.2) is 24.6 Å². The van der Waals surface area contributed by atoms with Crippen molar-refractivity contribution in [2.75, 3.05) is 6.54 Å². The number of aryl methyl sites for hydroxylation is 1. The molecule has 2 N–H and O–H groups in total. The molecule has 5 nitrogen and oxygen atoms in total. The molecule has 0 saturated heterocycles. The van der Waals surface area contributed by atoms with Crippen LogP contribution in [0.1, 0.15) is 26.5 Å². The van der Waals surface area contributed by atoms with Gasteiger partial charge >= 0.3 is 0 Å². The Hall–Kier alpha value is -0.850. The van der Waals surface area contributed by atoms with Gasteiger partial charge in [0.05, 0.1) is 11.5 Å². The van der Waals surface area contributed by atoms with Crippen molar-refractivity contribution in [3.63, 3.8) is 0 Å². The molecule has 1 aromatic heterocycles. The van der Waals surface area contributed by atoms with Crippen LogP contribution < -0.4 is 4.72 Å². The van der Waals surface area contributed by atoms with Gasteiger partial charge in [0.15, 0.2) is 0 Å². The van der Waals surface area contributed by atoms with Crippen LogP contribution in [0.4, 0.5) is 0 Å². The van der Waals surface area contributed by atoms with E-state index in [0.29, 0.717) is 12.2 Å². The molecular weight excluding hydrogens is 240 g/mol. The van der Waals surface area contributed by atoms with Crippen LogP contribution in [0, 0.1) is 5.41 Å². The minimum absolute atomic E-state index is 0.109. The largest absolute Gasteiger partial charge is 0.390 e. The third kappa shape index (κ3) is 3.83. The summed E-state index contributed by atoms with van der Waals surface area (Å²) in [6.45, 7) is 6.07. The Kier molecular flexibility index (Phi) is 4.01. The molecule has 0 radical (unpaired) electrons. The summed E-state index contributed by atoms with van der Waals surface area (Å²) in [6, 6.07) is 1.48. The molecule has 0 atom stereocenters. The summed E-state index contributed by atoms with van der Waals surface area (Å²) in [6.07, 6.45) is 1.50. The molecule has 0 aliphatic carbocycles. The number of hydrogen-bond acceptors (Lipinski definition) is 3. The van der Waals surface area contributed by atoms with Gasteiger partial charge in [-0.3, -0.25) is 0 Å². The second-order valence-electron chi connectivity index (χ2n) is 5.32.